The van der Waals surface area contributed by atoms with Crippen LogP contribution < -0.4 is 10.1 Å². The number of carbonyl (C=O) groups is 2. The Labute approximate surface area is 173 Å². The number of halogens is 1. The van der Waals surface area contributed by atoms with Crippen LogP contribution in [0, 0.1) is 0 Å². The zero-order chi connectivity index (χ0) is 20.0. The third-order valence-electron chi connectivity index (χ3n) is 5.98. The first-order chi connectivity index (χ1) is 14.1. The van der Waals surface area contributed by atoms with Crippen molar-refractivity contribution in [1.82, 2.24) is 10.2 Å². The van der Waals surface area contributed by atoms with Crippen LogP contribution >= 0.6 is 11.6 Å². The molecule has 3 amide bonds. The van der Waals surface area contributed by atoms with Crippen molar-refractivity contribution in [3.05, 3.63) is 63.7 Å². The Bertz CT molecular complexity index is 1010. The van der Waals surface area contributed by atoms with E-state index in [-0.39, 0.29) is 25.3 Å². The topological polar surface area (TPSA) is 67.9 Å². The first-order valence-electron chi connectivity index (χ1n) is 9.83. The van der Waals surface area contributed by atoms with Gasteiger partial charge in [-0.3, -0.25) is 9.69 Å². The van der Waals surface area contributed by atoms with Crippen molar-refractivity contribution in [3.8, 4) is 5.75 Å². The molecule has 2 aromatic rings. The highest BCUT2D eigenvalue weighted by molar-refractivity contribution is 6.30. The van der Waals surface area contributed by atoms with E-state index in [9.17, 15) is 9.59 Å². The molecule has 150 valence electrons. The second kappa shape index (κ2) is 7.04. The minimum atomic E-state index is -0.993. The van der Waals surface area contributed by atoms with Gasteiger partial charge in [0, 0.05) is 16.1 Å². The molecule has 3 aliphatic rings. The average molecular weight is 413 g/mol. The number of fused-ring (bicyclic) bond motifs is 3. The fourth-order valence-electron chi connectivity index (χ4n) is 4.66. The van der Waals surface area contributed by atoms with Crippen molar-refractivity contribution in [2.45, 2.75) is 44.4 Å². The van der Waals surface area contributed by atoms with Gasteiger partial charge in [-0.15, -0.1) is 0 Å². The van der Waals surface area contributed by atoms with Crippen LogP contribution in [-0.2, 0) is 34.6 Å². The van der Waals surface area contributed by atoms with Crippen molar-refractivity contribution in [2.24, 2.45) is 0 Å². The standard InChI is InChI=1S/C22H21ClN2O4/c23-17-9-15(19-16(10-17)12-28-13-29-19)11-25-20(26)22(24-21(25)27)8-4-3-6-14-5-1-2-7-18(14)22/h1-2,5,7,9-10H,3-4,6,8,11-13H2,(H,24,27). The summed E-state index contributed by atoms with van der Waals surface area (Å²) in [6.45, 7) is 0.636. The van der Waals surface area contributed by atoms with Gasteiger partial charge >= 0.3 is 6.03 Å². The number of carbonyl (C=O) groups excluding carboxylic acids is 2. The summed E-state index contributed by atoms with van der Waals surface area (Å²) in [5, 5.41) is 3.54. The van der Waals surface area contributed by atoms with E-state index in [0.29, 0.717) is 29.4 Å². The van der Waals surface area contributed by atoms with Crippen LogP contribution in [0.3, 0.4) is 0 Å². The van der Waals surface area contributed by atoms with Crippen LogP contribution in [0.4, 0.5) is 4.79 Å². The summed E-state index contributed by atoms with van der Waals surface area (Å²) in [6.07, 6.45) is 3.39. The van der Waals surface area contributed by atoms with Crippen LogP contribution in [0.2, 0.25) is 5.02 Å². The van der Waals surface area contributed by atoms with Crippen LogP contribution in [0.5, 0.6) is 5.75 Å². The molecule has 1 N–H and O–H groups in total. The molecule has 7 heteroatoms. The number of nitrogens with zero attached hydrogens (tertiary/aromatic N) is 1. The third kappa shape index (κ3) is 2.98. The summed E-state index contributed by atoms with van der Waals surface area (Å²) >= 11 is 6.26. The lowest BCUT2D eigenvalue weighted by atomic mass is 9.84. The molecular formula is C22H21ClN2O4. The predicted molar refractivity (Wildman–Crippen MR) is 106 cm³/mol. The predicted octanol–water partition coefficient (Wildman–Crippen LogP) is 3.88. The lowest BCUT2D eigenvalue weighted by molar-refractivity contribution is -0.132. The molecule has 0 bridgehead atoms. The molecule has 0 radical (unpaired) electrons. The highest BCUT2D eigenvalue weighted by Crippen LogP contribution is 2.40. The van der Waals surface area contributed by atoms with E-state index in [1.165, 1.54) is 4.90 Å². The van der Waals surface area contributed by atoms with E-state index in [1.54, 1.807) is 12.1 Å². The molecule has 2 heterocycles. The third-order valence-corrected chi connectivity index (χ3v) is 6.20. The lowest BCUT2D eigenvalue weighted by Crippen LogP contribution is -2.44. The van der Waals surface area contributed by atoms with E-state index in [1.807, 2.05) is 24.3 Å². The second-order valence-electron chi connectivity index (χ2n) is 7.75. The Morgan fingerprint density at radius 2 is 2.00 bits per heavy atom. The van der Waals surface area contributed by atoms with E-state index in [2.05, 4.69) is 5.32 Å². The first kappa shape index (κ1) is 18.5. The van der Waals surface area contributed by atoms with Crippen molar-refractivity contribution in [3.63, 3.8) is 0 Å². The van der Waals surface area contributed by atoms with Crippen molar-refractivity contribution in [2.75, 3.05) is 6.79 Å². The molecule has 0 aromatic heterocycles. The quantitative estimate of drug-likeness (QED) is 0.760. The summed E-state index contributed by atoms with van der Waals surface area (Å²) in [5.41, 5.74) is 2.57. The molecule has 1 fully saturated rings. The molecule has 1 saturated heterocycles. The fraction of sp³-hybridized carbons (Fsp3) is 0.364. The highest BCUT2D eigenvalue weighted by atomic mass is 35.5. The molecule has 2 aliphatic heterocycles. The first-order valence-corrected chi connectivity index (χ1v) is 10.2. The Morgan fingerprint density at radius 1 is 1.14 bits per heavy atom. The van der Waals surface area contributed by atoms with Gasteiger partial charge in [-0.2, -0.15) is 0 Å². The van der Waals surface area contributed by atoms with Gasteiger partial charge in [-0.1, -0.05) is 35.9 Å². The number of benzene rings is 2. The molecule has 2 aromatic carbocycles. The summed E-state index contributed by atoms with van der Waals surface area (Å²) < 4.78 is 11.0. The van der Waals surface area contributed by atoms with Crippen molar-refractivity contribution in [1.29, 1.82) is 0 Å². The summed E-state index contributed by atoms with van der Waals surface area (Å²) in [5.74, 6) is 0.432. The van der Waals surface area contributed by atoms with Gasteiger partial charge < -0.3 is 14.8 Å². The van der Waals surface area contributed by atoms with Gasteiger partial charge in [0.1, 0.15) is 11.3 Å². The van der Waals surface area contributed by atoms with Crippen LogP contribution in [0.25, 0.3) is 0 Å². The zero-order valence-electron chi connectivity index (χ0n) is 15.9. The smallest absolute Gasteiger partial charge is 0.325 e. The van der Waals surface area contributed by atoms with Crippen LogP contribution in [0.1, 0.15) is 41.5 Å². The van der Waals surface area contributed by atoms with Crippen LogP contribution in [0.15, 0.2) is 36.4 Å². The zero-order valence-corrected chi connectivity index (χ0v) is 16.6. The normalized spacial score (nSPS) is 23.3. The van der Waals surface area contributed by atoms with Crippen LogP contribution in [-0.4, -0.2) is 23.6 Å². The molecule has 1 unspecified atom stereocenters. The number of aryl methyl sites for hydroxylation is 1. The van der Waals surface area contributed by atoms with E-state index < -0.39 is 5.54 Å². The molecule has 1 aliphatic carbocycles. The molecule has 1 spiro atoms. The maximum Gasteiger partial charge on any atom is 0.325 e. The van der Waals surface area contributed by atoms with Crippen molar-refractivity contribution >= 4 is 23.5 Å². The Kier molecular flexibility index (Phi) is 4.48. The van der Waals surface area contributed by atoms with Gasteiger partial charge in [0.05, 0.1) is 13.2 Å². The monoisotopic (exact) mass is 412 g/mol. The van der Waals surface area contributed by atoms with E-state index >= 15 is 0 Å². The number of hydrogen-bond donors (Lipinski definition) is 1. The minimum absolute atomic E-state index is 0.109. The molecule has 29 heavy (non-hydrogen) atoms. The maximum atomic E-state index is 13.6. The molecule has 1 atom stereocenters. The van der Waals surface area contributed by atoms with Gasteiger partial charge in [0.25, 0.3) is 5.91 Å². The molecular weight excluding hydrogens is 392 g/mol. The SMILES string of the molecule is O=C1NC2(CCCCc3ccccc32)C(=O)N1Cc1cc(Cl)cc2c1OCOC2. The van der Waals surface area contributed by atoms with Gasteiger partial charge in [-0.25, -0.2) is 4.79 Å². The highest BCUT2D eigenvalue weighted by Gasteiger charge is 2.53. The number of imide groups is 1. The summed E-state index contributed by atoms with van der Waals surface area (Å²) in [4.78, 5) is 27.8. The summed E-state index contributed by atoms with van der Waals surface area (Å²) in [7, 11) is 0. The van der Waals surface area contributed by atoms with Gasteiger partial charge in [0.15, 0.2) is 6.79 Å². The maximum absolute atomic E-state index is 13.6. The number of hydrogen-bond acceptors (Lipinski definition) is 4. The lowest BCUT2D eigenvalue weighted by Gasteiger charge is -2.28. The number of ether oxygens (including phenoxy) is 2. The summed E-state index contributed by atoms with van der Waals surface area (Å²) in [6, 6.07) is 11.1. The number of urea groups is 1. The Balaban J connectivity index is 1.52. The number of rotatable bonds is 2. The fourth-order valence-corrected chi connectivity index (χ4v) is 4.92. The average Bonchev–Trinajstić information content (AvgIpc) is 2.86. The van der Waals surface area contributed by atoms with Crippen molar-refractivity contribution < 1.29 is 19.1 Å². The number of nitrogens with one attached hydrogen (secondary N) is 1. The van der Waals surface area contributed by atoms with E-state index in [0.717, 1.165) is 36.0 Å². The number of amides is 3. The molecule has 5 rings (SSSR count). The largest absolute Gasteiger partial charge is 0.467 e. The Morgan fingerprint density at radius 3 is 2.90 bits per heavy atom. The molecule has 6 nitrogen and oxygen atoms in total. The minimum Gasteiger partial charge on any atom is -0.467 e. The molecule has 0 saturated carbocycles. The van der Waals surface area contributed by atoms with Gasteiger partial charge in [0.2, 0.25) is 0 Å². The van der Waals surface area contributed by atoms with Gasteiger partial charge in [-0.05, 0) is 48.9 Å². The second-order valence-corrected chi connectivity index (χ2v) is 8.19. The van der Waals surface area contributed by atoms with E-state index in [4.69, 9.17) is 21.1 Å². The Hall–Kier alpha value is -2.57.